The number of hydrogen-bond acceptors (Lipinski definition) is 5. The highest BCUT2D eigenvalue weighted by Gasteiger charge is 2.15. The first-order valence-corrected chi connectivity index (χ1v) is 8.17. The van der Waals surface area contributed by atoms with Crippen molar-refractivity contribution in [3.63, 3.8) is 0 Å². The van der Waals surface area contributed by atoms with Crippen LogP contribution in [0.1, 0.15) is 20.9 Å². The molecule has 3 aromatic heterocycles. The number of furan rings is 1. The molecule has 0 fully saturated rings. The maximum atomic E-state index is 12.7. The Hall–Kier alpha value is -4.00. The predicted octanol–water partition coefficient (Wildman–Crippen LogP) is 2.96. The van der Waals surface area contributed by atoms with Gasteiger partial charge < -0.3 is 4.42 Å². The largest absolute Gasteiger partial charge is 0.459 e. The molecule has 4 aromatic rings. The second kappa shape index (κ2) is 7.09. The minimum Gasteiger partial charge on any atom is -0.459 e. The lowest BCUT2D eigenvalue weighted by Gasteiger charge is -2.11. The molecular formula is C20H14N4O3. The maximum Gasteiger partial charge on any atom is 0.305 e. The van der Waals surface area contributed by atoms with Crippen molar-refractivity contribution in [2.75, 3.05) is 0 Å². The van der Waals surface area contributed by atoms with E-state index in [2.05, 4.69) is 20.8 Å². The van der Waals surface area contributed by atoms with E-state index < -0.39 is 11.8 Å². The molecule has 0 atom stereocenters. The quantitative estimate of drug-likeness (QED) is 0.549. The SMILES string of the molecule is O=C(NNC(=O)c1cc(-c2ccncc2)nc2ccccc12)c1ccco1. The monoisotopic (exact) mass is 358 g/mol. The third-order valence-electron chi connectivity index (χ3n) is 3.97. The fourth-order valence-electron chi connectivity index (χ4n) is 2.68. The smallest absolute Gasteiger partial charge is 0.305 e. The number of hydrazine groups is 1. The number of amides is 2. The van der Waals surface area contributed by atoms with Crippen LogP contribution in [0.15, 0.2) is 77.7 Å². The lowest BCUT2D eigenvalue weighted by atomic mass is 10.0. The fourth-order valence-corrected chi connectivity index (χ4v) is 2.68. The van der Waals surface area contributed by atoms with Crippen LogP contribution in [0.4, 0.5) is 0 Å². The zero-order valence-corrected chi connectivity index (χ0v) is 14.0. The molecular weight excluding hydrogens is 344 g/mol. The van der Waals surface area contributed by atoms with Gasteiger partial charge in [0.1, 0.15) is 0 Å². The molecule has 4 rings (SSSR count). The van der Waals surface area contributed by atoms with Gasteiger partial charge in [0.25, 0.3) is 5.91 Å². The number of rotatable bonds is 3. The van der Waals surface area contributed by atoms with E-state index in [9.17, 15) is 9.59 Å². The number of hydrogen-bond donors (Lipinski definition) is 2. The summed E-state index contributed by atoms with van der Waals surface area (Å²) in [5, 5.41) is 0.681. The number of carbonyl (C=O) groups is 2. The third kappa shape index (κ3) is 3.38. The van der Waals surface area contributed by atoms with E-state index in [1.165, 1.54) is 12.3 Å². The number of aromatic nitrogens is 2. The predicted molar refractivity (Wildman–Crippen MR) is 98.6 cm³/mol. The number of fused-ring (bicyclic) bond motifs is 1. The molecule has 0 aliphatic carbocycles. The molecule has 0 saturated heterocycles. The first-order chi connectivity index (χ1) is 13.2. The number of carbonyl (C=O) groups excluding carboxylic acids is 2. The number of benzene rings is 1. The van der Waals surface area contributed by atoms with Gasteiger partial charge in [-0.15, -0.1) is 0 Å². The van der Waals surface area contributed by atoms with Crippen molar-refractivity contribution in [2.24, 2.45) is 0 Å². The molecule has 2 amide bonds. The van der Waals surface area contributed by atoms with Crippen molar-refractivity contribution in [2.45, 2.75) is 0 Å². The van der Waals surface area contributed by atoms with E-state index in [-0.39, 0.29) is 5.76 Å². The van der Waals surface area contributed by atoms with Crippen molar-refractivity contribution < 1.29 is 14.0 Å². The van der Waals surface area contributed by atoms with Gasteiger partial charge in [0.15, 0.2) is 5.76 Å². The van der Waals surface area contributed by atoms with Crippen LogP contribution < -0.4 is 10.9 Å². The van der Waals surface area contributed by atoms with Gasteiger partial charge in [0, 0.05) is 23.3 Å². The summed E-state index contributed by atoms with van der Waals surface area (Å²) in [6.45, 7) is 0. The zero-order valence-electron chi connectivity index (χ0n) is 14.0. The highest BCUT2D eigenvalue weighted by atomic mass is 16.3. The normalized spacial score (nSPS) is 10.5. The van der Waals surface area contributed by atoms with Crippen molar-refractivity contribution in [3.05, 3.63) is 84.6 Å². The van der Waals surface area contributed by atoms with Crippen molar-refractivity contribution in [1.29, 1.82) is 0 Å². The van der Waals surface area contributed by atoms with E-state index >= 15 is 0 Å². The lowest BCUT2D eigenvalue weighted by Crippen LogP contribution is -2.41. The van der Waals surface area contributed by atoms with Gasteiger partial charge in [-0.25, -0.2) is 4.98 Å². The van der Waals surface area contributed by atoms with Gasteiger partial charge in [-0.1, -0.05) is 18.2 Å². The summed E-state index contributed by atoms with van der Waals surface area (Å²) in [5.74, 6) is -0.891. The molecule has 7 heteroatoms. The Morgan fingerprint density at radius 2 is 1.67 bits per heavy atom. The Morgan fingerprint density at radius 1 is 0.889 bits per heavy atom. The molecule has 7 nitrogen and oxygen atoms in total. The lowest BCUT2D eigenvalue weighted by molar-refractivity contribution is 0.0831. The molecule has 0 spiro atoms. The number of nitrogens with one attached hydrogen (secondary N) is 2. The summed E-state index contributed by atoms with van der Waals surface area (Å²) >= 11 is 0. The first-order valence-electron chi connectivity index (χ1n) is 8.17. The van der Waals surface area contributed by atoms with Gasteiger partial charge in [-0.2, -0.15) is 0 Å². The summed E-state index contributed by atoms with van der Waals surface area (Å²) in [7, 11) is 0. The molecule has 0 aliphatic heterocycles. The number of nitrogens with zero attached hydrogens (tertiary/aromatic N) is 2. The molecule has 27 heavy (non-hydrogen) atoms. The molecule has 0 aliphatic rings. The molecule has 0 radical (unpaired) electrons. The van der Waals surface area contributed by atoms with Gasteiger partial charge in [-0.05, 0) is 36.4 Å². The summed E-state index contributed by atoms with van der Waals surface area (Å²) in [6, 6.07) is 15.7. The standard InChI is InChI=1S/C20H14N4O3/c25-19(23-24-20(26)18-6-3-11-27-18)15-12-17(13-7-9-21-10-8-13)22-16-5-2-1-4-14(15)16/h1-12H,(H,23,25)(H,24,26). The first kappa shape index (κ1) is 16.5. The fraction of sp³-hybridized carbons (Fsp3) is 0. The summed E-state index contributed by atoms with van der Waals surface area (Å²) in [4.78, 5) is 33.3. The van der Waals surface area contributed by atoms with Crippen LogP contribution in [0.2, 0.25) is 0 Å². The van der Waals surface area contributed by atoms with Gasteiger partial charge in [0.05, 0.1) is 23.0 Å². The Morgan fingerprint density at radius 3 is 2.44 bits per heavy atom. The molecule has 1 aromatic carbocycles. The van der Waals surface area contributed by atoms with Crippen molar-refractivity contribution >= 4 is 22.7 Å². The Labute approximate surface area is 154 Å². The second-order valence-corrected chi connectivity index (χ2v) is 5.69. The summed E-state index contributed by atoms with van der Waals surface area (Å²) in [5.41, 5.74) is 7.31. The molecule has 0 saturated carbocycles. The van der Waals surface area contributed by atoms with Crippen LogP contribution >= 0.6 is 0 Å². The average molecular weight is 358 g/mol. The van der Waals surface area contributed by atoms with Crippen LogP contribution in [-0.2, 0) is 0 Å². The Balaban J connectivity index is 1.67. The summed E-state index contributed by atoms with van der Waals surface area (Å²) in [6.07, 6.45) is 4.71. The van der Waals surface area contributed by atoms with E-state index in [0.717, 1.165) is 5.56 Å². The van der Waals surface area contributed by atoms with E-state index in [1.54, 1.807) is 24.5 Å². The van der Waals surface area contributed by atoms with Gasteiger partial charge in [0.2, 0.25) is 0 Å². The molecule has 0 bridgehead atoms. The van der Waals surface area contributed by atoms with Gasteiger partial charge >= 0.3 is 5.91 Å². The maximum absolute atomic E-state index is 12.7. The van der Waals surface area contributed by atoms with Crippen LogP contribution in [-0.4, -0.2) is 21.8 Å². The number of para-hydroxylation sites is 1. The molecule has 2 N–H and O–H groups in total. The van der Waals surface area contributed by atoms with Crippen LogP contribution in [0.3, 0.4) is 0 Å². The van der Waals surface area contributed by atoms with E-state index in [1.807, 2.05) is 36.4 Å². The molecule has 0 unspecified atom stereocenters. The minimum absolute atomic E-state index is 0.104. The average Bonchev–Trinajstić information content (AvgIpc) is 3.26. The van der Waals surface area contributed by atoms with Crippen LogP contribution in [0.5, 0.6) is 0 Å². The summed E-state index contributed by atoms with van der Waals surface area (Å²) < 4.78 is 5.00. The number of pyridine rings is 2. The highest BCUT2D eigenvalue weighted by Crippen LogP contribution is 2.24. The Kier molecular flexibility index (Phi) is 4.32. The topological polar surface area (TPSA) is 97.1 Å². The zero-order chi connectivity index (χ0) is 18.6. The third-order valence-corrected chi connectivity index (χ3v) is 3.97. The minimum atomic E-state index is -0.541. The van der Waals surface area contributed by atoms with Crippen LogP contribution in [0.25, 0.3) is 22.2 Å². The highest BCUT2D eigenvalue weighted by molar-refractivity contribution is 6.08. The van der Waals surface area contributed by atoms with Crippen molar-refractivity contribution in [1.82, 2.24) is 20.8 Å². The van der Waals surface area contributed by atoms with E-state index in [4.69, 9.17) is 4.42 Å². The van der Waals surface area contributed by atoms with Crippen LogP contribution in [0, 0.1) is 0 Å². The molecule has 3 heterocycles. The van der Waals surface area contributed by atoms with Crippen molar-refractivity contribution in [3.8, 4) is 11.3 Å². The van der Waals surface area contributed by atoms with E-state index in [0.29, 0.717) is 22.2 Å². The molecule has 132 valence electrons. The van der Waals surface area contributed by atoms with Gasteiger partial charge in [-0.3, -0.25) is 25.4 Å². The second-order valence-electron chi connectivity index (χ2n) is 5.69. The Bertz CT molecular complexity index is 1110.